The van der Waals surface area contributed by atoms with Gasteiger partial charge in [-0.2, -0.15) is 13.2 Å². The number of allylic oxidation sites excluding steroid dienone is 1. The Morgan fingerprint density at radius 1 is 1.26 bits per heavy atom. The second-order valence-corrected chi connectivity index (χ2v) is 5.26. The lowest BCUT2D eigenvalue weighted by Crippen LogP contribution is -2.31. The number of Topliss-reactive ketones (excluding diaryl/α,β-unsaturated/α-hetero) is 1. The molecule has 1 aromatic rings. The predicted molar refractivity (Wildman–Crippen MR) is 68.2 cm³/mol. The van der Waals surface area contributed by atoms with E-state index in [9.17, 15) is 18.0 Å². The Kier molecular flexibility index (Phi) is 2.96. The molecule has 19 heavy (non-hydrogen) atoms. The molecule has 5 heteroatoms. The molecule has 1 N–H and O–H groups in total. The monoisotopic (exact) mass is 269 g/mol. The van der Waals surface area contributed by atoms with Crippen molar-refractivity contribution in [3.8, 4) is 0 Å². The zero-order chi connectivity index (χ0) is 14.4. The fraction of sp³-hybridized carbons (Fsp3) is 0.357. The molecule has 0 fully saturated rings. The average Bonchev–Trinajstić information content (AvgIpc) is 2.25. The molecule has 0 bridgehead atoms. The van der Waals surface area contributed by atoms with Gasteiger partial charge in [0.25, 0.3) is 5.78 Å². The predicted octanol–water partition coefficient (Wildman–Crippen LogP) is 4.04. The van der Waals surface area contributed by atoms with E-state index in [1.807, 2.05) is 26.8 Å². The van der Waals surface area contributed by atoms with E-state index < -0.39 is 12.0 Å². The summed E-state index contributed by atoms with van der Waals surface area (Å²) in [6, 6.07) is 4.02. The smallest absolute Gasteiger partial charge is 0.376 e. The van der Waals surface area contributed by atoms with E-state index >= 15 is 0 Å². The minimum Gasteiger partial charge on any atom is -0.376 e. The first-order valence-electron chi connectivity index (χ1n) is 5.84. The second kappa shape index (κ2) is 4.11. The Balaban J connectivity index is 2.47. The Hall–Kier alpha value is -1.78. The number of nitrogens with one attached hydrogen (secondary N) is 1. The third kappa shape index (κ3) is 2.64. The molecule has 0 amide bonds. The van der Waals surface area contributed by atoms with Gasteiger partial charge >= 0.3 is 6.18 Å². The van der Waals surface area contributed by atoms with Crippen molar-refractivity contribution in [1.29, 1.82) is 0 Å². The standard InChI is InChI=1S/C14H14F3NO/c1-8-7-13(2,3)18-11-5-4-9(6-10(8)11)12(19)14(15,16)17/h4-7,18H,1-3H3. The van der Waals surface area contributed by atoms with Crippen LogP contribution in [0.5, 0.6) is 0 Å². The summed E-state index contributed by atoms with van der Waals surface area (Å²) in [6.45, 7) is 5.76. The summed E-state index contributed by atoms with van der Waals surface area (Å²) in [7, 11) is 0. The van der Waals surface area contributed by atoms with Crippen molar-refractivity contribution in [2.75, 3.05) is 5.32 Å². The van der Waals surface area contributed by atoms with Crippen molar-refractivity contribution in [3.63, 3.8) is 0 Å². The lowest BCUT2D eigenvalue weighted by Gasteiger charge is -2.31. The number of carbonyl (C=O) groups excluding carboxylic acids is 1. The van der Waals surface area contributed by atoms with Gasteiger partial charge in [0.1, 0.15) is 0 Å². The van der Waals surface area contributed by atoms with Crippen molar-refractivity contribution in [1.82, 2.24) is 0 Å². The van der Waals surface area contributed by atoms with Crippen molar-refractivity contribution in [3.05, 3.63) is 35.4 Å². The molecule has 1 heterocycles. The number of fused-ring (bicyclic) bond motifs is 1. The number of benzene rings is 1. The number of rotatable bonds is 1. The van der Waals surface area contributed by atoms with Gasteiger partial charge < -0.3 is 5.32 Å². The summed E-state index contributed by atoms with van der Waals surface area (Å²) in [4.78, 5) is 11.2. The number of carbonyl (C=O) groups is 1. The van der Waals surface area contributed by atoms with Gasteiger partial charge in [0.15, 0.2) is 0 Å². The van der Waals surface area contributed by atoms with Gasteiger partial charge in [-0.25, -0.2) is 0 Å². The van der Waals surface area contributed by atoms with Crippen LogP contribution in [0.25, 0.3) is 5.57 Å². The van der Waals surface area contributed by atoms with Crippen molar-refractivity contribution in [2.24, 2.45) is 0 Å². The van der Waals surface area contributed by atoms with Gasteiger partial charge in [-0.3, -0.25) is 4.79 Å². The summed E-state index contributed by atoms with van der Waals surface area (Å²) >= 11 is 0. The van der Waals surface area contributed by atoms with Gasteiger partial charge in [0.05, 0.1) is 5.54 Å². The highest BCUT2D eigenvalue weighted by molar-refractivity contribution is 6.01. The minimum atomic E-state index is -4.84. The molecule has 0 aromatic heterocycles. The maximum atomic E-state index is 12.4. The quantitative estimate of drug-likeness (QED) is 0.779. The molecule has 1 aromatic carbocycles. The van der Waals surface area contributed by atoms with E-state index in [2.05, 4.69) is 5.32 Å². The van der Waals surface area contributed by atoms with Crippen molar-refractivity contribution in [2.45, 2.75) is 32.5 Å². The van der Waals surface area contributed by atoms with Crippen LogP contribution >= 0.6 is 0 Å². The van der Waals surface area contributed by atoms with Crippen LogP contribution in [-0.2, 0) is 0 Å². The zero-order valence-corrected chi connectivity index (χ0v) is 10.9. The average molecular weight is 269 g/mol. The topological polar surface area (TPSA) is 29.1 Å². The van der Waals surface area contributed by atoms with Gasteiger partial charge in [0.2, 0.25) is 0 Å². The Bertz CT molecular complexity index is 571. The van der Waals surface area contributed by atoms with Crippen LogP contribution < -0.4 is 5.32 Å². The molecule has 0 atom stereocenters. The van der Waals surface area contributed by atoms with E-state index in [4.69, 9.17) is 0 Å². The lowest BCUT2D eigenvalue weighted by atomic mass is 9.90. The zero-order valence-electron chi connectivity index (χ0n) is 10.9. The van der Waals surface area contributed by atoms with Crippen LogP contribution in [0.3, 0.4) is 0 Å². The van der Waals surface area contributed by atoms with E-state index in [0.29, 0.717) is 5.56 Å². The molecule has 2 nitrogen and oxygen atoms in total. The van der Waals surface area contributed by atoms with Crippen LogP contribution in [0.2, 0.25) is 0 Å². The Labute approximate surface area is 109 Å². The summed E-state index contributed by atoms with van der Waals surface area (Å²) in [6.07, 6.45) is -2.91. The Morgan fingerprint density at radius 3 is 2.47 bits per heavy atom. The normalized spacial score (nSPS) is 17.3. The molecule has 0 saturated heterocycles. The molecular weight excluding hydrogens is 255 g/mol. The van der Waals surface area contributed by atoms with Crippen LogP contribution in [0.1, 0.15) is 36.7 Å². The highest BCUT2D eigenvalue weighted by Crippen LogP contribution is 2.35. The van der Waals surface area contributed by atoms with Crippen LogP contribution in [0, 0.1) is 0 Å². The third-order valence-corrected chi connectivity index (χ3v) is 3.00. The molecular formula is C14H14F3NO. The molecule has 0 saturated carbocycles. The SMILES string of the molecule is CC1=CC(C)(C)Nc2ccc(C(=O)C(F)(F)F)cc21. The van der Waals surface area contributed by atoms with Gasteiger partial charge in [-0.05, 0) is 44.5 Å². The molecule has 1 aliphatic heterocycles. The first kappa shape index (κ1) is 13.6. The number of alkyl halides is 3. The van der Waals surface area contributed by atoms with E-state index in [0.717, 1.165) is 11.3 Å². The van der Waals surface area contributed by atoms with E-state index in [-0.39, 0.29) is 11.1 Å². The van der Waals surface area contributed by atoms with Gasteiger partial charge in [-0.15, -0.1) is 0 Å². The van der Waals surface area contributed by atoms with Crippen molar-refractivity contribution < 1.29 is 18.0 Å². The second-order valence-electron chi connectivity index (χ2n) is 5.26. The Morgan fingerprint density at radius 2 is 1.89 bits per heavy atom. The summed E-state index contributed by atoms with van der Waals surface area (Å²) in [5, 5.41) is 3.20. The maximum Gasteiger partial charge on any atom is 0.454 e. The molecule has 0 unspecified atom stereocenters. The fourth-order valence-electron chi connectivity index (χ4n) is 2.29. The molecule has 1 aliphatic rings. The maximum absolute atomic E-state index is 12.4. The highest BCUT2D eigenvalue weighted by atomic mass is 19.4. The van der Waals surface area contributed by atoms with Gasteiger partial charge in [-0.1, -0.05) is 6.08 Å². The molecule has 2 rings (SSSR count). The molecule has 102 valence electrons. The number of hydrogen-bond donors (Lipinski definition) is 1. The number of anilines is 1. The first-order chi connectivity index (χ1) is 8.60. The van der Waals surface area contributed by atoms with Crippen LogP contribution in [0.15, 0.2) is 24.3 Å². The first-order valence-corrected chi connectivity index (χ1v) is 5.84. The summed E-state index contributed by atoms with van der Waals surface area (Å²) in [5.41, 5.74) is 1.64. The van der Waals surface area contributed by atoms with Crippen LogP contribution in [-0.4, -0.2) is 17.5 Å². The third-order valence-electron chi connectivity index (χ3n) is 3.00. The number of hydrogen-bond acceptors (Lipinski definition) is 2. The van der Waals surface area contributed by atoms with Crippen molar-refractivity contribution >= 4 is 17.0 Å². The summed E-state index contributed by atoms with van der Waals surface area (Å²) < 4.78 is 37.2. The van der Waals surface area contributed by atoms with E-state index in [1.165, 1.54) is 18.2 Å². The molecule has 0 aliphatic carbocycles. The molecule has 0 radical (unpaired) electrons. The van der Waals surface area contributed by atoms with Gasteiger partial charge in [0, 0.05) is 16.8 Å². The molecule has 0 spiro atoms. The van der Waals surface area contributed by atoms with E-state index in [1.54, 1.807) is 0 Å². The number of halogens is 3. The minimum absolute atomic E-state index is 0.257. The summed E-state index contributed by atoms with van der Waals surface area (Å²) in [5.74, 6) is -1.81. The largest absolute Gasteiger partial charge is 0.454 e. The fourth-order valence-corrected chi connectivity index (χ4v) is 2.29. The number of ketones is 1. The lowest BCUT2D eigenvalue weighted by molar-refractivity contribution is -0.0885. The highest BCUT2D eigenvalue weighted by Gasteiger charge is 2.39. The van der Waals surface area contributed by atoms with Crippen LogP contribution in [0.4, 0.5) is 18.9 Å².